The zero-order valence-electron chi connectivity index (χ0n) is 13.5. The van der Waals surface area contributed by atoms with Gasteiger partial charge in [-0.3, -0.25) is 0 Å². The summed E-state index contributed by atoms with van der Waals surface area (Å²) in [5.74, 6) is 2.10. The van der Waals surface area contributed by atoms with Crippen LogP contribution in [0.3, 0.4) is 0 Å². The summed E-state index contributed by atoms with van der Waals surface area (Å²) < 4.78 is 19.4. The molecule has 1 heterocycles. The molecule has 4 bridgehead atoms. The zero-order valence-corrected chi connectivity index (χ0v) is 13.5. The average Bonchev–Trinajstić information content (AvgIpc) is 2.90. The molecule has 4 heteroatoms. The van der Waals surface area contributed by atoms with Crippen LogP contribution in [0.2, 0.25) is 0 Å². The van der Waals surface area contributed by atoms with Gasteiger partial charge in [0.2, 0.25) is 5.90 Å². The number of rotatable bonds is 2. The molecule has 0 N–H and O–H groups in total. The average molecular weight is 325 g/mol. The summed E-state index contributed by atoms with van der Waals surface area (Å²) >= 11 is 0. The maximum absolute atomic E-state index is 13.8. The number of nitrogens with zero attached hydrogens (tertiary/aromatic N) is 1. The Kier molecular flexibility index (Phi) is 3.00. The second kappa shape index (κ2) is 5.01. The third-order valence-corrected chi connectivity index (χ3v) is 6.31. The van der Waals surface area contributed by atoms with E-state index in [-0.39, 0.29) is 16.9 Å². The van der Waals surface area contributed by atoms with Crippen molar-refractivity contribution in [1.82, 2.24) is 0 Å². The maximum atomic E-state index is 13.8. The molecule has 4 aliphatic carbocycles. The van der Waals surface area contributed by atoms with Crippen LogP contribution in [-0.2, 0) is 9.53 Å². The highest BCUT2D eigenvalue weighted by atomic mass is 19.1. The summed E-state index contributed by atoms with van der Waals surface area (Å²) in [5.41, 5.74) is 0.556. The van der Waals surface area contributed by atoms with Crippen molar-refractivity contribution in [3.05, 3.63) is 41.3 Å². The minimum atomic E-state index is -0.441. The van der Waals surface area contributed by atoms with Gasteiger partial charge in [0, 0.05) is 11.0 Å². The van der Waals surface area contributed by atoms with Crippen LogP contribution in [-0.4, -0.2) is 11.9 Å². The number of carbonyl (C=O) groups excluding carboxylic acids is 1. The molecule has 1 aromatic rings. The van der Waals surface area contributed by atoms with Gasteiger partial charge in [0.25, 0.3) is 0 Å². The number of aliphatic imine (C=N–C) groups is 1. The maximum Gasteiger partial charge on any atom is 0.363 e. The molecule has 5 aliphatic rings. The van der Waals surface area contributed by atoms with Crippen LogP contribution in [0.5, 0.6) is 0 Å². The van der Waals surface area contributed by atoms with Crippen molar-refractivity contribution < 1.29 is 13.9 Å². The highest BCUT2D eigenvalue weighted by Crippen LogP contribution is 2.61. The largest absolute Gasteiger partial charge is 0.406 e. The molecule has 0 saturated heterocycles. The predicted molar refractivity (Wildman–Crippen MR) is 88.5 cm³/mol. The highest BCUT2D eigenvalue weighted by molar-refractivity contribution is 6.09. The van der Waals surface area contributed by atoms with Crippen molar-refractivity contribution in [2.45, 2.75) is 38.5 Å². The normalized spacial score (nSPS) is 38.5. The first-order chi connectivity index (χ1) is 11.6. The first-order valence-corrected chi connectivity index (χ1v) is 8.89. The Hall–Kier alpha value is -1.97. The number of benzene rings is 1. The van der Waals surface area contributed by atoms with E-state index < -0.39 is 5.97 Å². The molecule has 0 amide bonds. The molecule has 124 valence electrons. The minimum absolute atomic E-state index is 0.0464. The highest BCUT2D eigenvalue weighted by Gasteiger charge is 2.55. The zero-order chi connectivity index (χ0) is 16.3. The second-order valence-corrected chi connectivity index (χ2v) is 8.06. The molecule has 0 unspecified atom stereocenters. The quantitative estimate of drug-likeness (QED) is 0.599. The van der Waals surface area contributed by atoms with Gasteiger partial charge in [-0.15, -0.1) is 0 Å². The minimum Gasteiger partial charge on any atom is -0.406 e. The number of esters is 1. The fourth-order valence-electron chi connectivity index (χ4n) is 5.75. The molecular weight excluding hydrogens is 305 g/mol. The van der Waals surface area contributed by atoms with Gasteiger partial charge in [-0.05, 0) is 68.4 Å². The SMILES string of the molecule is O=C1OC(C23CC4CC(CC(C4)C2)C3)=NC1=Cc1ccccc1F. The summed E-state index contributed by atoms with van der Waals surface area (Å²) in [6.45, 7) is 0. The Bertz CT molecular complexity index is 744. The van der Waals surface area contributed by atoms with Crippen molar-refractivity contribution >= 4 is 17.9 Å². The molecule has 4 saturated carbocycles. The lowest BCUT2D eigenvalue weighted by atomic mass is 9.49. The lowest BCUT2D eigenvalue weighted by Crippen LogP contribution is -2.50. The van der Waals surface area contributed by atoms with E-state index in [0.717, 1.165) is 37.0 Å². The summed E-state index contributed by atoms with van der Waals surface area (Å²) in [6.07, 6.45) is 8.79. The molecule has 6 rings (SSSR count). The summed E-state index contributed by atoms with van der Waals surface area (Å²) in [6, 6.07) is 6.41. The molecule has 4 fully saturated rings. The van der Waals surface area contributed by atoms with Gasteiger partial charge in [0.1, 0.15) is 5.82 Å². The number of cyclic esters (lactones) is 1. The molecule has 0 radical (unpaired) electrons. The molecular formula is C20H20FNO2. The summed E-state index contributed by atoms with van der Waals surface area (Å²) in [5, 5.41) is 0. The van der Waals surface area contributed by atoms with Gasteiger partial charge in [-0.1, -0.05) is 18.2 Å². The number of halogens is 1. The fraction of sp³-hybridized carbons (Fsp3) is 0.500. The van der Waals surface area contributed by atoms with Crippen molar-refractivity contribution in [2.24, 2.45) is 28.2 Å². The van der Waals surface area contributed by atoms with Gasteiger partial charge < -0.3 is 4.74 Å². The second-order valence-electron chi connectivity index (χ2n) is 8.06. The summed E-state index contributed by atoms with van der Waals surface area (Å²) in [7, 11) is 0. The number of carbonyl (C=O) groups is 1. The van der Waals surface area contributed by atoms with E-state index >= 15 is 0 Å². The van der Waals surface area contributed by atoms with Crippen LogP contribution >= 0.6 is 0 Å². The first kappa shape index (κ1) is 14.4. The standard InChI is InChI=1S/C20H20FNO2/c21-16-4-2-1-3-15(16)8-17-18(23)24-19(22-17)20-9-12-5-13(10-20)7-14(6-12)11-20/h1-4,8,12-14H,5-7,9-11H2. The van der Waals surface area contributed by atoms with Gasteiger partial charge in [-0.25, -0.2) is 14.2 Å². The molecule has 24 heavy (non-hydrogen) atoms. The van der Waals surface area contributed by atoms with E-state index in [1.165, 1.54) is 31.4 Å². The van der Waals surface area contributed by atoms with Crippen LogP contribution in [0.1, 0.15) is 44.1 Å². The first-order valence-electron chi connectivity index (χ1n) is 8.89. The van der Waals surface area contributed by atoms with E-state index in [1.807, 2.05) is 0 Å². The van der Waals surface area contributed by atoms with Crippen molar-refractivity contribution in [1.29, 1.82) is 0 Å². The van der Waals surface area contributed by atoms with Crippen LogP contribution in [0, 0.1) is 29.0 Å². The van der Waals surface area contributed by atoms with Crippen molar-refractivity contribution in [2.75, 3.05) is 0 Å². The lowest BCUT2D eigenvalue weighted by Gasteiger charge is -2.55. The lowest BCUT2D eigenvalue weighted by molar-refractivity contribution is -0.131. The topological polar surface area (TPSA) is 38.7 Å². The van der Waals surface area contributed by atoms with Gasteiger partial charge in [0.15, 0.2) is 5.70 Å². The number of hydrogen-bond donors (Lipinski definition) is 0. The van der Waals surface area contributed by atoms with Gasteiger partial charge >= 0.3 is 5.97 Å². The van der Waals surface area contributed by atoms with Gasteiger partial charge in [-0.2, -0.15) is 0 Å². The summed E-state index contributed by atoms with van der Waals surface area (Å²) in [4.78, 5) is 16.8. The van der Waals surface area contributed by atoms with E-state index in [9.17, 15) is 9.18 Å². The molecule has 0 aromatic heterocycles. The molecule has 0 spiro atoms. The Balaban J connectivity index is 1.50. The Morgan fingerprint density at radius 3 is 2.33 bits per heavy atom. The smallest absolute Gasteiger partial charge is 0.363 e. The fourth-order valence-corrected chi connectivity index (χ4v) is 5.75. The third-order valence-electron chi connectivity index (χ3n) is 6.31. The van der Waals surface area contributed by atoms with E-state index in [1.54, 1.807) is 18.2 Å². The van der Waals surface area contributed by atoms with E-state index in [0.29, 0.717) is 11.5 Å². The van der Waals surface area contributed by atoms with Crippen LogP contribution in [0.15, 0.2) is 35.0 Å². The van der Waals surface area contributed by atoms with Crippen molar-refractivity contribution in [3.8, 4) is 0 Å². The van der Waals surface area contributed by atoms with Crippen molar-refractivity contribution in [3.63, 3.8) is 0 Å². The van der Waals surface area contributed by atoms with Crippen LogP contribution in [0.25, 0.3) is 6.08 Å². The molecule has 3 nitrogen and oxygen atoms in total. The van der Waals surface area contributed by atoms with Crippen LogP contribution in [0.4, 0.5) is 4.39 Å². The Morgan fingerprint density at radius 2 is 1.71 bits per heavy atom. The van der Waals surface area contributed by atoms with Crippen LogP contribution < -0.4 is 0 Å². The molecule has 1 aromatic carbocycles. The molecule has 0 atom stereocenters. The number of ether oxygens (including phenoxy) is 1. The van der Waals surface area contributed by atoms with E-state index in [2.05, 4.69) is 4.99 Å². The monoisotopic (exact) mass is 325 g/mol. The number of hydrogen-bond acceptors (Lipinski definition) is 3. The molecule has 1 aliphatic heterocycles. The Labute approximate surface area is 140 Å². The van der Waals surface area contributed by atoms with E-state index in [4.69, 9.17) is 4.74 Å². The Morgan fingerprint density at radius 1 is 1.08 bits per heavy atom. The van der Waals surface area contributed by atoms with Gasteiger partial charge in [0.05, 0.1) is 0 Å². The third kappa shape index (κ3) is 2.15. The predicted octanol–water partition coefficient (Wildman–Crippen LogP) is 4.34.